The summed E-state index contributed by atoms with van der Waals surface area (Å²) in [7, 11) is 0. The number of rotatable bonds is 5. The van der Waals surface area contributed by atoms with Crippen LogP contribution in [0.15, 0.2) is 42.5 Å². The van der Waals surface area contributed by atoms with Crippen molar-refractivity contribution < 1.29 is 19.4 Å². The lowest BCUT2D eigenvalue weighted by Crippen LogP contribution is -2.38. The number of nitrogens with zero attached hydrogens (tertiary/aromatic N) is 3. The van der Waals surface area contributed by atoms with E-state index in [0.717, 1.165) is 5.56 Å². The molecule has 1 aliphatic heterocycles. The molecule has 1 aliphatic rings. The highest BCUT2D eigenvalue weighted by molar-refractivity contribution is 5.95. The summed E-state index contributed by atoms with van der Waals surface area (Å²) in [4.78, 5) is 34.7. The van der Waals surface area contributed by atoms with E-state index < -0.39 is 9.85 Å². The summed E-state index contributed by atoms with van der Waals surface area (Å²) < 4.78 is 5.38. The molecule has 9 heteroatoms. The Bertz CT molecular complexity index is 883. The number of ether oxygens (including phenoxy) is 1. The first kappa shape index (κ1) is 17.3. The summed E-state index contributed by atoms with van der Waals surface area (Å²) in [6.45, 7) is 0.208. The minimum Gasteiger partial charge on any atom is -0.483 e. The van der Waals surface area contributed by atoms with Crippen LogP contribution in [0.1, 0.15) is 12.0 Å². The second-order valence-corrected chi connectivity index (χ2v) is 5.76. The van der Waals surface area contributed by atoms with Crippen molar-refractivity contribution in [2.75, 3.05) is 18.1 Å². The lowest BCUT2D eigenvalue weighted by molar-refractivity contribution is -0.385. The first-order valence-electron chi connectivity index (χ1n) is 7.90. The summed E-state index contributed by atoms with van der Waals surface area (Å²) in [5.74, 6) is -0.0835. The molecule has 0 N–H and O–H groups in total. The van der Waals surface area contributed by atoms with Gasteiger partial charge < -0.3 is 9.64 Å². The van der Waals surface area contributed by atoms with E-state index in [1.54, 1.807) is 6.07 Å². The molecular weight excluding hydrogens is 342 g/mol. The highest BCUT2D eigenvalue weighted by atomic mass is 16.6. The van der Waals surface area contributed by atoms with Crippen LogP contribution in [0.25, 0.3) is 0 Å². The lowest BCUT2D eigenvalue weighted by Gasteiger charge is -2.29. The van der Waals surface area contributed by atoms with Crippen LogP contribution >= 0.6 is 0 Å². The fraction of sp³-hybridized carbons (Fsp3) is 0.235. The number of amides is 1. The Morgan fingerprint density at radius 2 is 1.81 bits per heavy atom. The number of anilines is 1. The predicted molar refractivity (Wildman–Crippen MR) is 92.4 cm³/mol. The highest BCUT2D eigenvalue weighted by Crippen LogP contribution is 2.30. The van der Waals surface area contributed by atoms with Gasteiger partial charge in [-0.2, -0.15) is 0 Å². The second kappa shape index (κ2) is 7.18. The van der Waals surface area contributed by atoms with Crippen LogP contribution in [0, 0.1) is 20.2 Å². The summed E-state index contributed by atoms with van der Waals surface area (Å²) in [5, 5.41) is 21.7. The number of hydrogen-bond donors (Lipinski definition) is 0. The molecule has 3 rings (SSSR count). The maximum absolute atomic E-state index is 12.5. The van der Waals surface area contributed by atoms with Crippen molar-refractivity contribution in [1.82, 2.24) is 0 Å². The molecule has 0 fully saturated rings. The minimum atomic E-state index is -0.539. The molecule has 1 heterocycles. The van der Waals surface area contributed by atoms with Gasteiger partial charge in [0.1, 0.15) is 5.75 Å². The third-order valence-corrected chi connectivity index (χ3v) is 4.08. The van der Waals surface area contributed by atoms with Gasteiger partial charge in [-0.15, -0.1) is 0 Å². The Hall–Kier alpha value is -3.49. The third-order valence-electron chi connectivity index (χ3n) is 4.08. The van der Waals surface area contributed by atoms with Gasteiger partial charge in [-0.05, 0) is 30.5 Å². The maximum Gasteiger partial charge on any atom is 0.273 e. The molecule has 1 amide bonds. The Labute approximate surface area is 148 Å². The van der Waals surface area contributed by atoms with Gasteiger partial charge in [0.25, 0.3) is 17.3 Å². The summed E-state index contributed by atoms with van der Waals surface area (Å²) in [6, 6.07) is 10.0. The fourth-order valence-corrected chi connectivity index (χ4v) is 2.87. The predicted octanol–water partition coefficient (Wildman–Crippen LogP) is 2.86. The van der Waals surface area contributed by atoms with Crippen molar-refractivity contribution in [2.24, 2.45) is 0 Å². The van der Waals surface area contributed by atoms with E-state index in [1.165, 1.54) is 41.3 Å². The van der Waals surface area contributed by atoms with Crippen LogP contribution in [0.4, 0.5) is 17.1 Å². The molecule has 134 valence electrons. The van der Waals surface area contributed by atoms with Crippen LogP contribution in [0.2, 0.25) is 0 Å². The molecule has 0 saturated carbocycles. The van der Waals surface area contributed by atoms with E-state index in [2.05, 4.69) is 0 Å². The molecule has 0 bridgehead atoms. The Kier molecular flexibility index (Phi) is 4.78. The van der Waals surface area contributed by atoms with Gasteiger partial charge in [-0.25, -0.2) is 0 Å². The topological polar surface area (TPSA) is 116 Å². The zero-order valence-electron chi connectivity index (χ0n) is 13.7. The standard InChI is InChI=1S/C17H15N3O6/c21-17(11-26-15-5-1-4-13(10-15)19(22)23)18-8-2-3-12-9-14(20(24)25)6-7-16(12)18/h1,4-7,9-10H,2-3,8,11H2. The van der Waals surface area contributed by atoms with Gasteiger partial charge >= 0.3 is 0 Å². The quantitative estimate of drug-likeness (QED) is 0.600. The third kappa shape index (κ3) is 3.61. The monoisotopic (exact) mass is 357 g/mol. The van der Waals surface area contributed by atoms with Crippen molar-refractivity contribution >= 4 is 23.0 Å². The molecule has 0 aliphatic carbocycles. The average molecular weight is 357 g/mol. The van der Waals surface area contributed by atoms with Crippen LogP contribution in [0.5, 0.6) is 5.75 Å². The van der Waals surface area contributed by atoms with Crippen LogP contribution in [-0.4, -0.2) is 28.9 Å². The van der Waals surface area contributed by atoms with Gasteiger partial charge in [0, 0.05) is 30.4 Å². The van der Waals surface area contributed by atoms with Crippen LogP contribution in [0.3, 0.4) is 0 Å². The summed E-state index contributed by atoms with van der Waals surface area (Å²) in [5.41, 5.74) is 1.25. The Morgan fingerprint density at radius 1 is 1.08 bits per heavy atom. The average Bonchev–Trinajstić information content (AvgIpc) is 2.65. The molecule has 0 aromatic heterocycles. The summed E-state index contributed by atoms with van der Waals surface area (Å²) in [6.07, 6.45) is 1.35. The number of non-ortho nitro benzene ring substituents is 2. The molecule has 2 aromatic carbocycles. The Balaban J connectivity index is 1.72. The van der Waals surface area contributed by atoms with Crippen LogP contribution < -0.4 is 9.64 Å². The number of carbonyl (C=O) groups is 1. The minimum absolute atomic E-state index is 0.00843. The zero-order valence-corrected chi connectivity index (χ0v) is 13.7. The molecule has 26 heavy (non-hydrogen) atoms. The van der Waals surface area contributed by atoms with Gasteiger partial charge in [0.2, 0.25) is 0 Å². The molecular formula is C17H15N3O6. The number of fused-ring (bicyclic) bond motifs is 1. The molecule has 0 atom stereocenters. The van der Waals surface area contributed by atoms with Crippen molar-refractivity contribution in [2.45, 2.75) is 12.8 Å². The molecule has 0 unspecified atom stereocenters. The number of nitro benzene ring substituents is 2. The van der Waals surface area contributed by atoms with Crippen molar-refractivity contribution in [3.8, 4) is 5.75 Å². The first-order valence-corrected chi connectivity index (χ1v) is 7.90. The van der Waals surface area contributed by atoms with Gasteiger partial charge in [-0.1, -0.05) is 6.07 Å². The van der Waals surface area contributed by atoms with Gasteiger partial charge in [0.15, 0.2) is 6.61 Å². The Morgan fingerprint density at radius 3 is 2.54 bits per heavy atom. The normalized spacial score (nSPS) is 13.0. The number of carbonyl (C=O) groups excluding carboxylic acids is 1. The largest absolute Gasteiger partial charge is 0.483 e. The van der Waals surface area contributed by atoms with E-state index in [9.17, 15) is 25.0 Å². The fourth-order valence-electron chi connectivity index (χ4n) is 2.87. The molecule has 0 saturated heterocycles. The van der Waals surface area contributed by atoms with E-state index in [-0.39, 0.29) is 29.6 Å². The highest BCUT2D eigenvalue weighted by Gasteiger charge is 2.24. The van der Waals surface area contributed by atoms with Crippen molar-refractivity contribution in [3.05, 3.63) is 68.3 Å². The lowest BCUT2D eigenvalue weighted by atomic mass is 10.0. The van der Waals surface area contributed by atoms with Gasteiger partial charge in [0.05, 0.1) is 15.9 Å². The van der Waals surface area contributed by atoms with E-state index in [0.29, 0.717) is 25.1 Å². The number of nitro groups is 2. The zero-order chi connectivity index (χ0) is 18.7. The van der Waals surface area contributed by atoms with Crippen molar-refractivity contribution in [1.29, 1.82) is 0 Å². The smallest absolute Gasteiger partial charge is 0.273 e. The second-order valence-electron chi connectivity index (χ2n) is 5.76. The number of benzene rings is 2. The van der Waals surface area contributed by atoms with E-state index in [1.807, 2.05) is 0 Å². The van der Waals surface area contributed by atoms with Crippen LogP contribution in [-0.2, 0) is 11.2 Å². The molecule has 0 spiro atoms. The van der Waals surface area contributed by atoms with Gasteiger partial charge in [-0.3, -0.25) is 25.0 Å². The van der Waals surface area contributed by atoms with Crippen molar-refractivity contribution in [3.63, 3.8) is 0 Å². The summed E-state index contributed by atoms with van der Waals surface area (Å²) >= 11 is 0. The van der Waals surface area contributed by atoms with E-state index >= 15 is 0 Å². The first-order chi connectivity index (χ1) is 12.5. The number of hydrogen-bond acceptors (Lipinski definition) is 6. The molecule has 2 aromatic rings. The molecule has 9 nitrogen and oxygen atoms in total. The molecule has 0 radical (unpaired) electrons. The maximum atomic E-state index is 12.5. The van der Waals surface area contributed by atoms with E-state index in [4.69, 9.17) is 4.74 Å². The SMILES string of the molecule is O=C(COc1cccc([N+](=O)[O-])c1)N1CCCc2cc([N+](=O)[O-])ccc21. The number of aryl methyl sites for hydroxylation is 1.